The monoisotopic (exact) mass is 304 g/mol. The van der Waals surface area contributed by atoms with Crippen LogP contribution in [0.3, 0.4) is 0 Å². The van der Waals surface area contributed by atoms with Crippen molar-refractivity contribution in [1.29, 1.82) is 0 Å². The van der Waals surface area contributed by atoms with Gasteiger partial charge in [-0.25, -0.2) is 4.79 Å². The van der Waals surface area contributed by atoms with E-state index in [-0.39, 0.29) is 10.7 Å². The Bertz CT molecular complexity index is 748. The van der Waals surface area contributed by atoms with Crippen LogP contribution >= 0.6 is 11.6 Å². The summed E-state index contributed by atoms with van der Waals surface area (Å²) in [5.74, 6) is -0.416. The van der Waals surface area contributed by atoms with E-state index in [1.54, 1.807) is 24.3 Å². The molecular weight excluding hydrogens is 296 g/mol. The van der Waals surface area contributed by atoms with Crippen LogP contribution in [0, 0.1) is 10.1 Å². The summed E-state index contributed by atoms with van der Waals surface area (Å²) < 4.78 is 5.23. The number of carbonyl (C=O) groups excluding carboxylic acids is 1. The fourth-order valence-corrected chi connectivity index (χ4v) is 2.36. The molecule has 0 saturated heterocycles. The smallest absolute Gasteiger partial charge is 0.340 e. The Kier molecular flexibility index (Phi) is 3.23. The van der Waals surface area contributed by atoms with Crippen LogP contribution < -0.4 is 5.32 Å². The third-order valence-corrected chi connectivity index (χ3v) is 3.45. The van der Waals surface area contributed by atoms with Gasteiger partial charge in [0.1, 0.15) is 0 Å². The molecule has 1 N–H and O–H groups in total. The van der Waals surface area contributed by atoms with Gasteiger partial charge < -0.3 is 10.1 Å². The number of nitrogens with one attached hydrogen (secondary N) is 1. The predicted molar refractivity (Wildman–Crippen MR) is 76.3 cm³/mol. The molecule has 7 heteroatoms. The number of nitro groups is 1. The zero-order valence-corrected chi connectivity index (χ0v) is 11.3. The van der Waals surface area contributed by atoms with Crippen LogP contribution in [0.2, 0.25) is 5.02 Å². The lowest BCUT2D eigenvalue weighted by atomic mass is 10.1. The van der Waals surface area contributed by atoms with Gasteiger partial charge in [-0.1, -0.05) is 29.8 Å². The third-order valence-electron chi connectivity index (χ3n) is 3.14. The third kappa shape index (κ3) is 2.41. The summed E-state index contributed by atoms with van der Waals surface area (Å²) in [6.07, 6.45) is -0.660. The highest BCUT2D eigenvalue weighted by Gasteiger charge is 2.30. The van der Waals surface area contributed by atoms with E-state index in [9.17, 15) is 14.9 Å². The van der Waals surface area contributed by atoms with Crippen molar-refractivity contribution in [2.24, 2.45) is 0 Å². The molecule has 1 atom stereocenters. The molecule has 1 unspecified atom stereocenters. The van der Waals surface area contributed by atoms with Crippen LogP contribution in [0.25, 0.3) is 0 Å². The highest BCUT2D eigenvalue weighted by atomic mass is 35.5. The van der Waals surface area contributed by atoms with E-state index in [0.29, 0.717) is 16.8 Å². The van der Waals surface area contributed by atoms with Crippen molar-refractivity contribution in [2.45, 2.75) is 6.23 Å². The fourth-order valence-electron chi connectivity index (χ4n) is 2.13. The lowest BCUT2D eigenvalue weighted by Crippen LogP contribution is -2.10. The Morgan fingerprint density at radius 2 is 2.00 bits per heavy atom. The molecule has 0 amide bonds. The van der Waals surface area contributed by atoms with Gasteiger partial charge in [0.25, 0.3) is 5.69 Å². The number of anilines is 1. The van der Waals surface area contributed by atoms with Gasteiger partial charge in [-0.05, 0) is 12.1 Å². The maximum atomic E-state index is 11.7. The summed E-state index contributed by atoms with van der Waals surface area (Å²) in [5.41, 5.74) is 1.55. The molecule has 0 spiro atoms. The quantitative estimate of drug-likeness (QED) is 0.533. The first-order valence-electron chi connectivity index (χ1n) is 6.06. The number of nitrogens with zero attached hydrogens (tertiary/aromatic N) is 1. The van der Waals surface area contributed by atoms with E-state index in [0.717, 1.165) is 0 Å². The number of benzene rings is 2. The minimum Gasteiger partial charge on any atom is -0.434 e. The highest BCUT2D eigenvalue weighted by Crippen LogP contribution is 2.34. The SMILES string of the molecule is O=C1OC(Nc2ccc([N+](=O)[O-])cc2Cl)c2ccccc21. The van der Waals surface area contributed by atoms with Gasteiger partial charge >= 0.3 is 5.97 Å². The lowest BCUT2D eigenvalue weighted by molar-refractivity contribution is -0.384. The summed E-state index contributed by atoms with van der Waals surface area (Å²) in [5, 5.41) is 13.8. The maximum Gasteiger partial charge on any atom is 0.340 e. The maximum absolute atomic E-state index is 11.7. The number of cyclic esters (lactones) is 1. The van der Waals surface area contributed by atoms with E-state index in [1.807, 2.05) is 0 Å². The van der Waals surface area contributed by atoms with E-state index >= 15 is 0 Å². The minimum atomic E-state index is -0.660. The van der Waals surface area contributed by atoms with Crippen molar-refractivity contribution in [1.82, 2.24) is 0 Å². The molecule has 1 heterocycles. The fraction of sp³-hybridized carbons (Fsp3) is 0.0714. The average Bonchev–Trinajstić information content (AvgIpc) is 2.78. The first kappa shape index (κ1) is 13.4. The second-order valence-electron chi connectivity index (χ2n) is 4.44. The topological polar surface area (TPSA) is 81.5 Å². The summed E-state index contributed by atoms with van der Waals surface area (Å²) in [7, 11) is 0. The number of fused-ring (bicyclic) bond motifs is 1. The Morgan fingerprint density at radius 1 is 1.24 bits per heavy atom. The first-order valence-corrected chi connectivity index (χ1v) is 6.44. The van der Waals surface area contributed by atoms with Crippen molar-refractivity contribution in [2.75, 3.05) is 5.32 Å². The number of esters is 1. The van der Waals surface area contributed by atoms with Crippen molar-refractivity contribution < 1.29 is 14.5 Å². The highest BCUT2D eigenvalue weighted by molar-refractivity contribution is 6.33. The predicted octanol–water partition coefficient (Wildman–Crippen LogP) is 3.53. The second kappa shape index (κ2) is 5.06. The molecule has 0 radical (unpaired) electrons. The second-order valence-corrected chi connectivity index (χ2v) is 4.85. The zero-order valence-electron chi connectivity index (χ0n) is 10.6. The molecule has 0 aliphatic carbocycles. The average molecular weight is 305 g/mol. The Hall–Kier alpha value is -2.60. The number of non-ortho nitro benzene ring substituents is 1. The molecule has 2 aromatic carbocycles. The van der Waals surface area contributed by atoms with Crippen molar-refractivity contribution in [3.63, 3.8) is 0 Å². The van der Waals surface area contributed by atoms with Gasteiger partial charge in [-0.3, -0.25) is 10.1 Å². The van der Waals surface area contributed by atoms with Crippen LogP contribution in [-0.4, -0.2) is 10.9 Å². The van der Waals surface area contributed by atoms with Crippen molar-refractivity contribution >= 4 is 28.9 Å². The van der Waals surface area contributed by atoms with E-state index < -0.39 is 17.1 Å². The summed E-state index contributed by atoms with van der Waals surface area (Å²) >= 11 is 6.01. The molecule has 0 saturated carbocycles. The largest absolute Gasteiger partial charge is 0.434 e. The standard InChI is InChI=1S/C14H9ClN2O4/c15-11-7-8(17(19)20)5-6-12(11)16-13-9-3-1-2-4-10(9)14(18)21-13/h1-7,13,16H. The molecule has 0 aromatic heterocycles. The number of rotatable bonds is 3. The molecule has 2 aromatic rings. The van der Waals surface area contributed by atoms with Gasteiger partial charge in [0, 0.05) is 17.7 Å². The summed E-state index contributed by atoms with van der Waals surface area (Å²) in [4.78, 5) is 21.9. The summed E-state index contributed by atoms with van der Waals surface area (Å²) in [6, 6.07) is 11.1. The van der Waals surface area contributed by atoms with E-state index in [1.165, 1.54) is 18.2 Å². The van der Waals surface area contributed by atoms with Crippen molar-refractivity contribution in [3.8, 4) is 0 Å². The van der Waals surface area contributed by atoms with Crippen LogP contribution in [0.1, 0.15) is 22.1 Å². The molecule has 21 heavy (non-hydrogen) atoms. The van der Waals surface area contributed by atoms with Crippen molar-refractivity contribution in [3.05, 3.63) is 68.7 Å². The minimum absolute atomic E-state index is 0.102. The number of hydrogen-bond acceptors (Lipinski definition) is 5. The first-order chi connectivity index (χ1) is 10.1. The van der Waals surface area contributed by atoms with Gasteiger partial charge in [-0.2, -0.15) is 0 Å². The number of halogens is 1. The molecule has 6 nitrogen and oxygen atoms in total. The van der Waals surface area contributed by atoms with Crippen LogP contribution in [0.5, 0.6) is 0 Å². The molecular formula is C14H9ClN2O4. The Morgan fingerprint density at radius 3 is 2.71 bits per heavy atom. The molecule has 1 aliphatic heterocycles. The number of hydrogen-bond donors (Lipinski definition) is 1. The van der Waals surface area contributed by atoms with E-state index in [2.05, 4.69) is 5.32 Å². The van der Waals surface area contributed by atoms with Gasteiger partial charge in [-0.15, -0.1) is 0 Å². The van der Waals surface area contributed by atoms with Crippen LogP contribution in [-0.2, 0) is 4.74 Å². The lowest BCUT2D eigenvalue weighted by Gasteiger charge is -2.15. The molecule has 0 bridgehead atoms. The molecule has 1 aliphatic rings. The van der Waals surface area contributed by atoms with Crippen LogP contribution in [0.15, 0.2) is 42.5 Å². The van der Waals surface area contributed by atoms with Gasteiger partial charge in [0.15, 0.2) is 0 Å². The van der Waals surface area contributed by atoms with Gasteiger partial charge in [0.05, 0.1) is 21.2 Å². The Balaban J connectivity index is 1.89. The number of nitro benzene ring substituents is 1. The normalized spacial score (nSPS) is 16.2. The zero-order chi connectivity index (χ0) is 15.0. The molecule has 3 rings (SSSR count). The molecule has 106 valence electrons. The van der Waals surface area contributed by atoms with Crippen LogP contribution in [0.4, 0.5) is 11.4 Å². The van der Waals surface area contributed by atoms with Gasteiger partial charge in [0.2, 0.25) is 6.23 Å². The van der Waals surface area contributed by atoms with E-state index in [4.69, 9.17) is 16.3 Å². The molecule has 0 fully saturated rings. The summed E-state index contributed by atoms with van der Waals surface area (Å²) in [6.45, 7) is 0. The number of ether oxygens (including phenoxy) is 1. The number of carbonyl (C=O) groups is 1. The Labute approximate surface area is 124 Å².